The predicted molar refractivity (Wildman–Crippen MR) is 66.5 cm³/mol. The van der Waals surface area contributed by atoms with Gasteiger partial charge in [0.1, 0.15) is 6.10 Å². The van der Waals surface area contributed by atoms with Crippen molar-refractivity contribution < 1.29 is 9.53 Å². The Hall–Kier alpha value is -0.610. The molecule has 3 unspecified atom stereocenters. The number of nitrogens with two attached hydrogens (primary N) is 1. The summed E-state index contributed by atoms with van der Waals surface area (Å²) in [4.78, 5) is 14.5. The summed E-state index contributed by atoms with van der Waals surface area (Å²) in [6, 6.07) is 0.345. The number of hydrogen-bond acceptors (Lipinski definition) is 3. The molecule has 1 amide bonds. The van der Waals surface area contributed by atoms with Crippen molar-refractivity contribution in [3.05, 3.63) is 0 Å². The molecule has 4 heteroatoms. The van der Waals surface area contributed by atoms with E-state index >= 15 is 0 Å². The highest BCUT2D eigenvalue weighted by atomic mass is 16.5. The third kappa shape index (κ3) is 2.80. The fourth-order valence-corrected chi connectivity index (χ4v) is 2.96. The molecule has 2 aliphatic heterocycles. The second-order valence-electron chi connectivity index (χ2n) is 5.32. The lowest BCUT2D eigenvalue weighted by molar-refractivity contribution is -0.146. The molecule has 17 heavy (non-hydrogen) atoms. The number of piperidine rings is 1. The van der Waals surface area contributed by atoms with Crippen LogP contribution in [0.1, 0.15) is 39.0 Å². The minimum atomic E-state index is -0.201. The smallest absolute Gasteiger partial charge is 0.252 e. The van der Waals surface area contributed by atoms with Crippen LogP contribution in [0.2, 0.25) is 0 Å². The first kappa shape index (κ1) is 12.8. The van der Waals surface area contributed by atoms with E-state index in [4.69, 9.17) is 10.5 Å². The van der Waals surface area contributed by atoms with Crippen LogP contribution in [0.4, 0.5) is 0 Å². The van der Waals surface area contributed by atoms with Crippen LogP contribution in [0.15, 0.2) is 0 Å². The first-order valence-electron chi connectivity index (χ1n) is 6.86. The zero-order chi connectivity index (χ0) is 12.3. The Bertz CT molecular complexity index is 268. The topological polar surface area (TPSA) is 55.6 Å². The molecule has 0 aromatic rings. The molecular weight excluding hydrogens is 216 g/mol. The Morgan fingerprint density at radius 1 is 1.41 bits per heavy atom. The summed E-state index contributed by atoms with van der Waals surface area (Å²) in [5.74, 6) is 0.566. The van der Waals surface area contributed by atoms with Gasteiger partial charge in [-0.25, -0.2) is 0 Å². The van der Waals surface area contributed by atoms with E-state index in [-0.39, 0.29) is 12.0 Å². The van der Waals surface area contributed by atoms with E-state index in [1.54, 1.807) is 0 Å². The number of likely N-dealkylation sites (tertiary alicyclic amines) is 1. The lowest BCUT2D eigenvalue weighted by atomic mass is 9.96. The van der Waals surface area contributed by atoms with Gasteiger partial charge in [-0.15, -0.1) is 0 Å². The van der Waals surface area contributed by atoms with Crippen LogP contribution in [-0.4, -0.2) is 42.6 Å². The van der Waals surface area contributed by atoms with Crippen LogP contribution in [0.3, 0.4) is 0 Å². The van der Waals surface area contributed by atoms with Crippen LogP contribution >= 0.6 is 0 Å². The van der Waals surface area contributed by atoms with Crippen molar-refractivity contribution in [3.8, 4) is 0 Å². The lowest BCUT2D eigenvalue weighted by Crippen LogP contribution is -2.49. The van der Waals surface area contributed by atoms with Crippen LogP contribution in [0, 0.1) is 5.92 Å². The molecule has 4 nitrogen and oxygen atoms in total. The van der Waals surface area contributed by atoms with Gasteiger partial charge in [0.2, 0.25) is 0 Å². The molecule has 98 valence electrons. The fourth-order valence-electron chi connectivity index (χ4n) is 2.96. The quantitative estimate of drug-likeness (QED) is 0.805. The molecule has 0 bridgehead atoms. The summed E-state index contributed by atoms with van der Waals surface area (Å²) in [6.07, 6.45) is 5.17. The van der Waals surface area contributed by atoms with E-state index in [0.29, 0.717) is 18.5 Å². The third-order valence-corrected chi connectivity index (χ3v) is 4.04. The standard InChI is InChI=1S/C13H24N2O2/c1-10-6-9-17-12(10)13(16)15-8-3-2-4-11(15)5-7-14/h10-12H,2-9,14H2,1H3. The molecule has 0 saturated carbocycles. The molecule has 0 aromatic carbocycles. The largest absolute Gasteiger partial charge is 0.368 e. The van der Waals surface area contributed by atoms with Crippen molar-refractivity contribution in [2.75, 3.05) is 19.7 Å². The van der Waals surface area contributed by atoms with Crippen LogP contribution < -0.4 is 5.73 Å². The van der Waals surface area contributed by atoms with Crippen molar-refractivity contribution in [2.45, 2.75) is 51.2 Å². The zero-order valence-corrected chi connectivity index (χ0v) is 10.7. The van der Waals surface area contributed by atoms with E-state index in [1.807, 2.05) is 4.90 Å². The van der Waals surface area contributed by atoms with Gasteiger partial charge < -0.3 is 15.4 Å². The minimum absolute atomic E-state index is 0.201. The van der Waals surface area contributed by atoms with Gasteiger partial charge in [0.15, 0.2) is 0 Å². The first-order chi connectivity index (χ1) is 8.24. The van der Waals surface area contributed by atoms with Crippen LogP contribution in [0.5, 0.6) is 0 Å². The molecule has 2 saturated heterocycles. The Kier molecular flexibility index (Phi) is 4.40. The number of carbonyl (C=O) groups excluding carboxylic acids is 1. The van der Waals surface area contributed by atoms with Gasteiger partial charge in [-0.1, -0.05) is 6.92 Å². The fraction of sp³-hybridized carbons (Fsp3) is 0.923. The summed E-state index contributed by atoms with van der Waals surface area (Å²) in [5.41, 5.74) is 5.63. The Morgan fingerprint density at radius 3 is 2.88 bits per heavy atom. The number of carbonyl (C=O) groups is 1. The molecule has 2 fully saturated rings. The molecule has 0 aliphatic carbocycles. The number of rotatable bonds is 3. The molecule has 0 aromatic heterocycles. The molecule has 0 spiro atoms. The van der Waals surface area contributed by atoms with Crippen LogP contribution in [-0.2, 0) is 9.53 Å². The average molecular weight is 240 g/mol. The van der Waals surface area contributed by atoms with E-state index < -0.39 is 0 Å². The maximum absolute atomic E-state index is 12.5. The SMILES string of the molecule is CC1CCOC1C(=O)N1CCCCC1CCN. The van der Waals surface area contributed by atoms with Crippen molar-refractivity contribution in [1.82, 2.24) is 4.90 Å². The van der Waals surface area contributed by atoms with Crippen molar-refractivity contribution >= 4 is 5.91 Å². The highest BCUT2D eigenvalue weighted by molar-refractivity contribution is 5.82. The number of amides is 1. The molecule has 2 aliphatic rings. The highest BCUT2D eigenvalue weighted by Crippen LogP contribution is 2.26. The molecule has 3 atom stereocenters. The van der Waals surface area contributed by atoms with Gasteiger partial charge in [0.05, 0.1) is 0 Å². The number of nitrogens with zero attached hydrogens (tertiary/aromatic N) is 1. The lowest BCUT2D eigenvalue weighted by Gasteiger charge is -2.37. The van der Waals surface area contributed by atoms with Crippen LogP contribution in [0.25, 0.3) is 0 Å². The highest BCUT2D eigenvalue weighted by Gasteiger charge is 2.37. The summed E-state index contributed by atoms with van der Waals surface area (Å²) in [5, 5.41) is 0. The van der Waals surface area contributed by atoms with E-state index in [9.17, 15) is 4.79 Å². The summed E-state index contributed by atoms with van der Waals surface area (Å²) < 4.78 is 5.58. The van der Waals surface area contributed by atoms with Gasteiger partial charge in [0.25, 0.3) is 5.91 Å². The molecule has 2 N–H and O–H groups in total. The Labute approximate surface area is 103 Å². The maximum Gasteiger partial charge on any atom is 0.252 e. The van der Waals surface area contributed by atoms with Crippen molar-refractivity contribution in [3.63, 3.8) is 0 Å². The Morgan fingerprint density at radius 2 is 2.24 bits per heavy atom. The molecule has 0 radical (unpaired) electrons. The summed E-state index contributed by atoms with van der Waals surface area (Å²) in [7, 11) is 0. The summed E-state index contributed by atoms with van der Waals surface area (Å²) in [6.45, 7) is 4.38. The number of ether oxygens (including phenoxy) is 1. The van der Waals surface area contributed by atoms with E-state index in [0.717, 1.165) is 38.8 Å². The van der Waals surface area contributed by atoms with Gasteiger partial charge in [-0.3, -0.25) is 4.79 Å². The maximum atomic E-state index is 12.5. The Balaban J connectivity index is 2.00. The van der Waals surface area contributed by atoms with Crippen molar-refractivity contribution in [2.24, 2.45) is 11.7 Å². The first-order valence-corrected chi connectivity index (χ1v) is 6.86. The van der Waals surface area contributed by atoms with Gasteiger partial charge in [0, 0.05) is 19.2 Å². The van der Waals surface area contributed by atoms with Gasteiger partial charge >= 0.3 is 0 Å². The van der Waals surface area contributed by atoms with E-state index in [2.05, 4.69) is 6.92 Å². The zero-order valence-electron chi connectivity index (χ0n) is 10.7. The van der Waals surface area contributed by atoms with Gasteiger partial charge in [-0.2, -0.15) is 0 Å². The van der Waals surface area contributed by atoms with E-state index in [1.165, 1.54) is 6.42 Å². The number of hydrogen-bond donors (Lipinski definition) is 1. The monoisotopic (exact) mass is 240 g/mol. The minimum Gasteiger partial charge on any atom is -0.368 e. The molecule has 2 heterocycles. The average Bonchev–Trinajstić information content (AvgIpc) is 2.76. The normalized spacial score (nSPS) is 34.0. The molecule has 2 rings (SSSR count). The summed E-state index contributed by atoms with van der Waals surface area (Å²) >= 11 is 0. The molecular formula is C13H24N2O2. The van der Waals surface area contributed by atoms with Gasteiger partial charge in [-0.05, 0) is 44.6 Å². The second kappa shape index (κ2) is 5.83. The van der Waals surface area contributed by atoms with Crippen molar-refractivity contribution in [1.29, 1.82) is 0 Å². The predicted octanol–water partition coefficient (Wildman–Crippen LogP) is 1.14. The second-order valence-corrected chi connectivity index (χ2v) is 5.32. The third-order valence-electron chi connectivity index (χ3n) is 4.04.